The summed E-state index contributed by atoms with van der Waals surface area (Å²) in [5.74, 6) is 0.303. The molecule has 4 amide bonds. The number of likely N-dealkylation sites (tertiary alicyclic amines) is 1. The molecule has 3 saturated heterocycles. The van der Waals surface area contributed by atoms with Crippen molar-refractivity contribution in [2.24, 2.45) is 5.92 Å². The minimum absolute atomic E-state index is 0.0374. The highest BCUT2D eigenvalue weighted by molar-refractivity contribution is 6.07. The Balaban J connectivity index is 1.32. The van der Waals surface area contributed by atoms with E-state index in [0.29, 0.717) is 38.2 Å². The van der Waals surface area contributed by atoms with Gasteiger partial charge in [0.1, 0.15) is 5.75 Å². The third-order valence-electron chi connectivity index (χ3n) is 7.56. The molecule has 3 aliphatic heterocycles. The number of nitrogens with zero attached hydrogens (tertiary/aromatic N) is 3. The summed E-state index contributed by atoms with van der Waals surface area (Å²) in [5, 5.41) is 3.03. The molecule has 5 rings (SSSR count). The lowest BCUT2D eigenvalue weighted by Crippen LogP contribution is -2.55. The zero-order valence-corrected chi connectivity index (χ0v) is 20.5. The van der Waals surface area contributed by atoms with Crippen molar-refractivity contribution in [3.05, 3.63) is 59.9 Å². The lowest BCUT2D eigenvalue weighted by molar-refractivity contribution is -0.137. The number of methoxy groups -OCH3 is 1. The topological polar surface area (TPSA) is 101 Å². The molecule has 1 aromatic heterocycles. The van der Waals surface area contributed by atoms with Crippen molar-refractivity contribution in [2.45, 2.75) is 43.7 Å². The van der Waals surface area contributed by atoms with Crippen LogP contribution in [0.25, 0.3) is 0 Å². The van der Waals surface area contributed by atoms with Gasteiger partial charge in [-0.2, -0.15) is 0 Å². The van der Waals surface area contributed by atoms with Gasteiger partial charge < -0.3 is 19.7 Å². The fraction of sp³-hybridized carbons (Fsp3) is 0.481. The summed E-state index contributed by atoms with van der Waals surface area (Å²) < 4.78 is 11.0. The highest BCUT2D eigenvalue weighted by atomic mass is 16.5. The monoisotopic (exact) mass is 492 g/mol. The number of benzene rings is 1. The van der Waals surface area contributed by atoms with Crippen LogP contribution in [-0.4, -0.2) is 72.1 Å². The number of hydrogen-bond acceptors (Lipinski definition) is 6. The molecular weight excluding hydrogens is 460 g/mol. The van der Waals surface area contributed by atoms with E-state index in [2.05, 4.69) is 10.3 Å². The van der Waals surface area contributed by atoms with E-state index in [1.165, 1.54) is 4.90 Å². The molecule has 0 aliphatic carbocycles. The molecule has 4 heterocycles. The molecule has 1 aromatic carbocycles. The maximum Gasteiger partial charge on any atom is 0.325 e. The standard InChI is InChI=1S/C27H32N4O5/c1-35-21-7-4-6-19(16-21)17-24(32)30-13-10-20(11-14-30)27(23-9-2-3-12-28-23)25(33)31(26(34)29-27)18-22-8-5-15-36-22/h2-4,6-7,9,12,16,20,22H,5,8,10-11,13-15,17-18H2,1H3,(H,29,34)/t22-,27+/m0/s1. The van der Waals surface area contributed by atoms with E-state index in [1.54, 1.807) is 25.4 Å². The Morgan fingerprint density at radius 2 is 2.00 bits per heavy atom. The van der Waals surface area contributed by atoms with E-state index in [9.17, 15) is 14.4 Å². The van der Waals surface area contributed by atoms with Crippen LogP contribution in [0.5, 0.6) is 5.75 Å². The number of nitrogens with one attached hydrogen (secondary N) is 1. The summed E-state index contributed by atoms with van der Waals surface area (Å²) in [6, 6.07) is 12.5. The van der Waals surface area contributed by atoms with Gasteiger partial charge in [0.15, 0.2) is 5.54 Å². The quantitative estimate of drug-likeness (QED) is 0.596. The molecule has 2 aromatic rings. The number of amides is 4. The van der Waals surface area contributed by atoms with Gasteiger partial charge >= 0.3 is 6.03 Å². The summed E-state index contributed by atoms with van der Waals surface area (Å²) in [6.45, 7) is 1.92. The Morgan fingerprint density at radius 3 is 2.69 bits per heavy atom. The number of urea groups is 1. The van der Waals surface area contributed by atoms with Gasteiger partial charge in [-0.3, -0.25) is 19.5 Å². The van der Waals surface area contributed by atoms with Crippen LogP contribution in [0.1, 0.15) is 36.9 Å². The van der Waals surface area contributed by atoms with Gasteiger partial charge in [-0.15, -0.1) is 0 Å². The summed E-state index contributed by atoms with van der Waals surface area (Å²) in [4.78, 5) is 47.6. The highest BCUT2D eigenvalue weighted by Gasteiger charge is 2.58. The van der Waals surface area contributed by atoms with Crippen LogP contribution in [0.15, 0.2) is 48.7 Å². The lowest BCUT2D eigenvalue weighted by atomic mass is 9.75. The molecule has 0 spiro atoms. The summed E-state index contributed by atoms with van der Waals surface area (Å²) >= 11 is 0. The number of carbonyl (C=O) groups excluding carboxylic acids is 3. The van der Waals surface area contributed by atoms with Crippen LogP contribution < -0.4 is 10.1 Å². The van der Waals surface area contributed by atoms with E-state index in [0.717, 1.165) is 24.2 Å². The van der Waals surface area contributed by atoms with Gasteiger partial charge in [0.25, 0.3) is 5.91 Å². The first-order valence-electron chi connectivity index (χ1n) is 12.6. The zero-order valence-electron chi connectivity index (χ0n) is 20.5. The Morgan fingerprint density at radius 1 is 1.17 bits per heavy atom. The Hall–Kier alpha value is -3.46. The molecule has 9 nitrogen and oxygen atoms in total. The third-order valence-corrected chi connectivity index (χ3v) is 7.56. The molecule has 0 saturated carbocycles. The maximum atomic E-state index is 13.9. The smallest absolute Gasteiger partial charge is 0.325 e. The van der Waals surface area contributed by atoms with Gasteiger partial charge in [0.2, 0.25) is 5.91 Å². The molecule has 2 atom stereocenters. The minimum atomic E-state index is -1.24. The average Bonchev–Trinajstić information content (AvgIpc) is 3.52. The molecule has 0 unspecified atom stereocenters. The molecule has 1 N–H and O–H groups in total. The third kappa shape index (κ3) is 4.55. The van der Waals surface area contributed by atoms with Crippen molar-refractivity contribution < 1.29 is 23.9 Å². The number of imide groups is 1. The van der Waals surface area contributed by atoms with Crippen LogP contribution in [-0.2, 0) is 26.3 Å². The Kier molecular flexibility index (Phi) is 6.91. The van der Waals surface area contributed by atoms with Crippen LogP contribution >= 0.6 is 0 Å². The number of piperidine rings is 1. The van der Waals surface area contributed by atoms with E-state index in [-0.39, 0.29) is 36.8 Å². The van der Waals surface area contributed by atoms with Crippen LogP contribution in [0.2, 0.25) is 0 Å². The fourth-order valence-corrected chi connectivity index (χ4v) is 5.64. The molecule has 0 bridgehead atoms. The fourth-order valence-electron chi connectivity index (χ4n) is 5.64. The molecule has 3 aliphatic rings. The van der Waals surface area contributed by atoms with Crippen molar-refractivity contribution in [3.63, 3.8) is 0 Å². The number of aromatic nitrogens is 1. The predicted molar refractivity (Wildman–Crippen MR) is 131 cm³/mol. The van der Waals surface area contributed by atoms with E-state index >= 15 is 0 Å². The van der Waals surface area contributed by atoms with Crippen molar-refractivity contribution in [2.75, 3.05) is 33.4 Å². The zero-order chi connectivity index (χ0) is 25.1. The van der Waals surface area contributed by atoms with Crippen LogP contribution in [0.3, 0.4) is 0 Å². The summed E-state index contributed by atoms with van der Waals surface area (Å²) in [5.41, 5.74) is 0.201. The first-order chi connectivity index (χ1) is 17.5. The Labute approximate surface area is 210 Å². The number of hydrogen-bond donors (Lipinski definition) is 1. The molecule has 190 valence electrons. The highest BCUT2D eigenvalue weighted by Crippen LogP contribution is 2.41. The van der Waals surface area contributed by atoms with Gasteiger partial charge in [-0.25, -0.2) is 4.79 Å². The second-order valence-corrected chi connectivity index (χ2v) is 9.69. The molecular formula is C27H32N4O5. The first-order valence-corrected chi connectivity index (χ1v) is 12.6. The second kappa shape index (κ2) is 10.3. The molecule has 9 heteroatoms. The molecule has 36 heavy (non-hydrogen) atoms. The normalized spacial score (nSPS) is 24.8. The van der Waals surface area contributed by atoms with E-state index in [4.69, 9.17) is 9.47 Å². The number of ether oxygens (including phenoxy) is 2. The van der Waals surface area contributed by atoms with Crippen molar-refractivity contribution in [1.82, 2.24) is 20.1 Å². The van der Waals surface area contributed by atoms with Gasteiger partial charge in [0, 0.05) is 31.8 Å². The molecule has 0 radical (unpaired) electrons. The SMILES string of the molecule is COc1cccc(CC(=O)N2CCC([C@]3(c4ccccn4)NC(=O)N(C[C@@H]4CCCO4)C3=O)CC2)c1. The average molecular weight is 493 g/mol. The van der Waals surface area contributed by atoms with Crippen molar-refractivity contribution in [1.29, 1.82) is 0 Å². The van der Waals surface area contributed by atoms with Crippen LogP contribution in [0.4, 0.5) is 4.79 Å². The second-order valence-electron chi connectivity index (χ2n) is 9.69. The van der Waals surface area contributed by atoms with Gasteiger partial charge in [-0.05, 0) is 55.5 Å². The predicted octanol–water partition coefficient (Wildman–Crippen LogP) is 2.50. The summed E-state index contributed by atoms with van der Waals surface area (Å²) in [7, 11) is 1.61. The lowest BCUT2D eigenvalue weighted by Gasteiger charge is -2.40. The minimum Gasteiger partial charge on any atom is -0.497 e. The number of pyridine rings is 1. The number of rotatable bonds is 7. The number of carbonyl (C=O) groups is 3. The van der Waals surface area contributed by atoms with E-state index < -0.39 is 11.6 Å². The van der Waals surface area contributed by atoms with Crippen molar-refractivity contribution >= 4 is 17.8 Å². The first kappa shape index (κ1) is 24.2. The Bertz CT molecular complexity index is 1110. The largest absolute Gasteiger partial charge is 0.497 e. The van der Waals surface area contributed by atoms with Crippen LogP contribution in [0, 0.1) is 5.92 Å². The van der Waals surface area contributed by atoms with Gasteiger partial charge in [-0.1, -0.05) is 18.2 Å². The maximum absolute atomic E-state index is 13.9. The van der Waals surface area contributed by atoms with Gasteiger partial charge in [0.05, 0.1) is 31.9 Å². The van der Waals surface area contributed by atoms with Crippen molar-refractivity contribution in [3.8, 4) is 5.75 Å². The molecule has 3 fully saturated rings. The van der Waals surface area contributed by atoms with E-state index in [1.807, 2.05) is 35.2 Å². The summed E-state index contributed by atoms with van der Waals surface area (Å²) in [6.07, 6.45) is 4.74.